The lowest BCUT2D eigenvalue weighted by Crippen LogP contribution is -2.37. The average Bonchev–Trinajstić information content (AvgIpc) is 3.13. The normalized spacial score (nSPS) is 15.7. The van der Waals surface area contributed by atoms with Gasteiger partial charge >= 0.3 is 11.8 Å². The smallest absolute Gasteiger partial charge is 0.316 e. The first-order valence-corrected chi connectivity index (χ1v) is 11.6. The van der Waals surface area contributed by atoms with E-state index in [1.54, 1.807) is 6.07 Å². The number of likely N-dealkylation sites (tertiary alicyclic amines) is 1. The highest BCUT2D eigenvalue weighted by atomic mass is 16.5. The van der Waals surface area contributed by atoms with Crippen LogP contribution in [-0.4, -0.2) is 56.4 Å². The van der Waals surface area contributed by atoms with Crippen LogP contribution >= 0.6 is 0 Å². The van der Waals surface area contributed by atoms with Gasteiger partial charge in [0.1, 0.15) is 6.54 Å². The van der Waals surface area contributed by atoms with Crippen molar-refractivity contribution in [1.29, 1.82) is 0 Å². The molecule has 1 amide bonds. The molecule has 0 aliphatic carbocycles. The summed E-state index contributed by atoms with van der Waals surface area (Å²) in [6.45, 7) is 5.01. The second kappa shape index (κ2) is 11.0. The van der Waals surface area contributed by atoms with Gasteiger partial charge in [0.05, 0.1) is 5.69 Å². The molecule has 3 aromatic rings. The third kappa shape index (κ3) is 6.13. The Balaban J connectivity index is 1.32. The van der Waals surface area contributed by atoms with E-state index in [2.05, 4.69) is 32.4 Å². The van der Waals surface area contributed by atoms with Crippen LogP contribution in [-0.2, 0) is 6.54 Å². The third-order valence-electron chi connectivity index (χ3n) is 6.00. The minimum Gasteiger partial charge on any atom is -0.348 e. The molecule has 3 heterocycles. The number of hydrogen-bond acceptors (Lipinski definition) is 7. The second-order valence-corrected chi connectivity index (χ2v) is 8.44. The monoisotopic (exact) mass is 450 g/mol. The Kier molecular flexibility index (Phi) is 7.62. The Bertz CT molecular complexity index is 1100. The molecule has 1 N–H and O–H groups in total. The zero-order valence-electron chi connectivity index (χ0n) is 18.9. The van der Waals surface area contributed by atoms with Crippen LogP contribution in [0.1, 0.15) is 55.5 Å². The molecular formula is C24H30N6O3. The second-order valence-electron chi connectivity index (χ2n) is 8.44. The van der Waals surface area contributed by atoms with Crippen molar-refractivity contribution in [3.8, 4) is 11.3 Å². The topological polar surface area (TPSA) is 106 Å². The maximum absolute atomic E-state index is 12.4. The van der Waals surface area contributed by atoms with Crippen molar-refractivity contribution < 1.29 is 9.32 Å². The highest BCUT2D eigenvalue weighted by molar-refractivity contribution is 5.89. The lowest BCUT2D eigenvalue weighted by molar-refractivity contribution is 0.0904. The van der Waals surface area contributed by atoms with Gasteiger partial charge in [-0.2, -0.15) is 10.1 Å². The van der Waals surface area contributed by atoms with Gasteiger partial charge in [-0.1, -0.05) is 48.3 Å². The van der Waals surface area contributed by atoms with Crippen LogP contribution in [0.15, 0.2) is 51.8 Å². The van der Waals surface area contributed by atoms with Crippen LogP contribution in [0.3, 0.4) is 0 Å². The molecule has 2 aromatic heterocycles. The molecule has 1 atom stereocenters. The summed E-state index contributed by atoms with van der Waals surface area (Å²) in [5.74, 6) is -0.298. The molecule has 1 aromatic carbocycles. The number of nitrogens with one attached hydrogen (secondary N) is 1. The van der Waals surface area contributed by atoms with Crippen molar-refractivity contribution in [1.82, 2.24) is 30.1 Å². The summed E-state index contributed by atoms with van der Waals surface area (Å²) in [5, 5.41) is 11.1. The van der Waals surface area contributed by atoms with Crippen LogP contribution < -0.4 is 10.9 Å². The average molecular weight is 451 g/mol. The largest absolute Gasteiger partial charge is 0.348 e. The zero-order valence-corrected chi connectivity index (χ0v) is 18.9. The number of benzene rings is 1. The van der Waals surface area contributed by atoms with Gasteiger partial charge in [0.15, 0.2) is 5.82 Å². The fourth-order valence-corrected chi connectivity index (χ4v) is 4.06. The summed E-state index contributed by atoms with van der Waals surface area (Å²) < 4.78 is 6.38. The van der Waals surface area contributed by atoms with E-state index in [0.29, 0.717) is 18.3 Å². The molecule has 1 saturated heterocycles. The number of aromatic nitrogens is 4. The maximum Gasteiger partial charge on any atom is 0.316 e. The van der Waals surface area contributed by atoms with Gasteiger partial charge in [-0.25, -0.2) is 4.68 Å². The van der Waals surface area contributed by atoms with Gasteiger partial charge in [0, 0.05) is 24.2 Å². The van der Waals surface area contributed by atoms with Crippen LogP contribution in [0, 0.1) is 0 Å². The standard InChI is InChI=1S/C24H30N6O3/c1-18(29-15-7-2-3-8-16-29)13-14-25-23(32)24-26-21(28-33-24)17-30-22(31)12-11-20(27-30)19-9-5-4-6-10-19/h4-6,9-12,18H,2-3,7-8,13-17H2,1H3,(H,25,32)/t18-/m1/s1. The van der Waals surface area contributed by atoms with Gasteiger partial charge in [-0.15, -0.1) is 0 Å². The van der Waals surface area contributed by atoms with Crippen molar-refractivity contribution in [2.75, 3.05) is 19.6 Å². The summed E-state index contributed by atoms with van der Waals surface area (Å²) in [4.78, 5) is 31.3. The molecular weight excluding hydrogens is 420 g/mol. The van der Waals surface area contributed by atoms with E-state index < -0.39 is 5.91 Å². The molecule has 0 saturated carbocycles. The number of carbonyl (C=O) groups is 1. The van der Waals surface area contributed by atoms with Crippen LogP contribution in [0.4, 0.5) is 0 Å². The molecule has 33 heavy (non-hydrogen) atoms. The highest BCUT2D eigenvalue weighted by Gasteiger charge is 2.18. The first kappa shape index (κ1) is 22.8. The molecule has 4 rings (SSSR count). The van der Waals surface area contributed by atoms with Gasteiger partial charge < -0.3 is 14.7 Å². The van der Waals surface area contributed by atoms with E-state index in [1.165, 1.54) is 36.4 Å². The number of hydrogen-bond donors (Lipinski definition) is 1. The number of nitrogens with zero attached hydrogens (tertiary/aromatic N) is 5. The van der Waals surface area contributed by atoms with Crippen molar-refractivity contribution in [3.05, 3.63) is 64.5 Å². The molecule has 9 nitrogen and oxygen atoms in total. The summed E-state index contributed by atoms with van der Waals surface area (Å²) >= 11 is 0. The Morgan fingerprint density at radius 3 is 2.61 bits per heavy atom. The molecule has 0 radical (unpaired) electrons. The Hall–Kier alpha value is -3.33. The number of amides is 1. The van der Waals surface area contributed by atoms with Gasteiger partial charge in [0.2, 0.25) is 0 Å². The van der Waals surface area contributed by atoms with E-state index >= 15 is 0 Å². The lowest BCUT2D eigenvalue weighted by atomic mass is 10.1. The lowest BCUT2D eigenvalue weighted by Gasteiger charge is -2.27. The minimum atomic E-state index is -0.407. The molecule has 0 spiro atoms. The zero-order chi connectivity index (χ0) is 23.0. The van der Waals surface area contributed by atoms with Crippen molar-refractivity contribution >= 4 is 5.91 Å². The quantitative estimate of drug-likeness (QED) is 0.562. The SMILES string of the molecule is C[C@H](CCNC(=O)c1nc(Cn2nc(-c3ccccc3)ccc2=O)no1)N1CCCCCC1. The van der Waals surface area contributed by atoms with Gasteiger partial charge in [-0.3, -0.25) is 9.59 Å². The van der Waals surface area contributed by atoms with E-state index in [-0.39, 0.29) is 23.8 Å². The summed E-state index contributed by atoms with van der Waals surface area (Å²) in [6, 6.07) is 13.1. The first-order valence-electron chi connectivity index (χ1n) is 11.6. The third-order valence-corrected chi connectivity index (χ3v) is 6.00. The Labute approximate surface area is 192 Å². The molecule has 9 heteroatoms. The van der Waals surface area contributed by atoms with E-state index in [9.17, 15) is 9.59 Å². The van der Waals surface area contributed by atoms with Crippen molar-refractivity contribution in [3.63, 3.8) is 0 Å². The van der Waals surface area contributed by atoms with Crippen molar-refractivity contribution in [2.45, 2.75) is 51.6 Å². The summed E-state index contributed by atoms with van der Waals surface area (Å²) in [7, 11) is 0. The Morgan fingerprint density at radius 1 is 1.09 bits per heavy atom. The van der Waals surface area contributed by atoms with E-state index in [4.69, 9.17) is 4.52 Å². The van der Waals surface area contributed by atoms with Crippen LogP contribution in [0.2, 0.25) is 0 Å². The molecule has 0 unspecified atom stereocenters. The van der Waals surface area contributed by atoms with Crippen LogP contribution in [0.25, 0.3) is 11.3 Å². The van der Waals surface area contributed by atoms with Gasteiger partial charge in [0.25, 0.3) is 5.56 Å². The number of carbonyl (C=O) groups excluding carboxylic acids is 1. The van der Waals surface area contributed by atoms with Gasteiger partial charge in [-0.05, 0) is 45.3 Å². The fourth-order valence-electron chi connectivity index (χ4n) is 4.06. The van der Waals surface area contributed by atoms with E-state index in [1.807, 2.05) is 30.3 Å². The minimum absolute atomic E-state index is 0.0162. The molecule has 1 aliphatic heterocycles. The number of rotatable bonds is 8. The first-order chi connectivity index (χ1) is 16.1. The molecule has 174 valence electrons. The molecule has 0 bridgehead atoms. The maximum atomic E-state index is 12.4. The van der Waals surface area contributed by atoms with Crippen LogP contribution in [0.5, 0.6) is 0 Å². The Morgan fingerprint density at radius 2 is 1.85 bits per heavy atom. The highest BCUT2D eigenvalue weighted by Crippen LogP contribution is 2.15. The summed E-state index contributed by atoms with van der Waals surface area (Å²) in [5.41, 5.74) is 1.28. The summed E-state index contributed by atoms with van der Waals surface area (Å²) in [6.07, 6.45) is 5.95. The van der Waals surface area contributed by atoms with Crippen molar-refractivity contribution in [2.24, 2.45) is 0 Å². The van der Waals surface area contributed by atoms with E-state index in [0.717, 1.165) is 25.1 Å². The predicted molar refractivity (Wildman–Crippen MR) is 124 cm³/mol. The molecule has 1 aliphatic rings. The fraction of sp³-hybridized carbons (Fsp3) is 0.458. The molecule has 1 fully saturated rings. The predicted octanol–water partition coefficient (Wildman–Crippen LogP) is 2.73.